The number of nitrogens with zero attached hydrogens (tertiary/aromatic N) is 2. The van der Waals surface area contributed by atoms with Gasteiger partial charge < -0.3 is 0 Å². The van der Waals surface area contributed by atoms with Crippen LogP contribution in [-0.2, 0) is 0 Å². The summed E-state index contributed by atoms with van der Waals surface area (Å²) in [7, 11) is 0. The minimum atomic E-state index is 0.955. The largest absolute Gasteiger partial charge is 0.256 e. The van der Waals surface area contributed by atoms with Gasteiger partial charge in [0.15, 0.2) is 0 Å². The normalized spacial score (nSPS) is 11.2. The molecule has 0 bridgehead atoms. The highest BCUT2D eigenvalue weighted by molar-refractivity contribution is 6.00. The van der Waals surface area contributed by atoms with E-state index in [0.717, 1.165) is 44.2 Å². The highest BCUT2D eigenvalue weighted by Crippen LogP contribution is 2.37. The summed E-state index contributed by atoms with van der Waals surface area (Å²) in [5.41, 5.74) is 15.9. The average Bonchev–Trinajstić information content (AvgIpc) is 3.21. The minimum Gasteiger partial charge on any atom is -0.256 e. The molecule has 2 heteroatoms. The lowest BCUT2D eigenvalue weighted by atomic mass is 9.93. The van der Waals surface area contributed by atoms with E-state index < -0.39 is 0 Å². The van der Waals surface area contributed by atoms with Gasteiger partial charge in [-0.1, -0.05) is 158 Å². The highest BCUT2D eigenvalue weighted by Gasteiger charge is 2.13. The summed E-state index contributed by atoms with van der Waals surface area (Å²) in [4.78, 5) is 9.79. The molecule has 0 aliphatic carbocycles. The molecule has 2 nitrogen and oxygen atoms in total. The van der Waals surface area contributed by atoms with Crippen LogP contribution in [0.15, 0.2) is 194 Å². The zero-order valence-corrected chi connectivity index (χ0v) is 27.4. The topological polar surface area (TPSA) is 25.8 Å². The Bertz CT molecular complexity index is 2590. The molecule has 0 saturated carbocycles. The molecular weight excluding hydrogens is 605 g/mol. The lowest BCUT2D eigenvalue weighted by Gasteiger charge is -2.14. The predicted molar refractivity (Wildman–Crippen MR) is 210 cm³/mol. The van der Waals surface area contributed by atoms with Gasteiger partial charge in [0.1, 0.15) is 0 Å². The van der Waals surface area contributed by atoms with Gasteiger partial charge in [0.05, 0.1) is 16.7 Å². The third-order valence-electron chi connectivity index (χ3n) is 9.58. The zero-order chi connectivity index (χ0) is 33.3. The first-order valence-corrected chi connectivity index (χ1v) is 17.0. The SMILES string of the molecule is c1ccc(-c2ccc(-c3ccc4nc(-c5ccc(-c6ccccc6)cc5)cc(-c5ccc(-c6ccnc7ccccc67)cc5)c4c3)cc2)cc1. The van der Waals surface area contributed by atoms with Crippen LogP contribution in [0.2, 0.25) is 0 Å². The molecule has 234 valence electrons. The number of hydrogen-bond donors (Lipinski definition) is 0. The lowest BCUT2D eigenvalue weighted by molar-refractivity contribution is 1.39. The predicted octanol–water partition coefficient (Wildman–Crippen LogP) is 12.8. The van der Waals surface area contributed by atoms with E-state index in [-0.39, 0.29) is 0 Å². The Kier molecular flexibility index (Phi) is 7.53. The van der Waals surface area contributed by atoms with E-state index in [1.54, 1.807) is 0 Å². The third-order valence-corrected chi connectivity index (χ3v) is 9.58. The van der Waals surface area contributed by atoms with Crippen LogP contribution in [-0.4, -0.2) is 9.97 Å². The van der Waals surface area contributed by atoms with Crippen molar-refractivity contribution in [3.05, 3.63) is 194 Å². The van der Waals surface area contributed by atoms with Gasteiger partial charge in [0, 0.05) is 22.5 Å². The van der Waals surface area contributed by atoms with Crippen molar-refractivity contribution in [1.82, 2.24) is 9.97 Å². The molecule has 2 heterocycles. The van der Waals surface area contributed by atoms with Crippen molar-refractivity contribution in [2.45, 2.75) is 0 Å². The molecule has 9 rings (SSSR count). The second kappa shape index (κ2) is 12.8. The van der Waals surface area contributed by atoms with Crippen molar-refractivity contribution in [3.8, 4) is 66.9 Å². The smallest absolute Gasteiger partial charge is 0.0716 e. The third kappa shape index (κ3) is 5.63. The van der Waals surface area contributed by atoms with Gasteiger partial charge in [-0.15, -0.1) is 0 Å². The maximum Gasteiger partial charge on any atom is 0.0716 e. The summed E-state index contributed by atoms with van der Waals surface area (Å²) in [6.07, 6.45) is 1.89. The first kappa shape index (κ1) is 29.5. The van der Waals surface area contributed by atoms with E-state index in [0.29, 0.717) is 0 Å². The van der Waals surface area contributed by atoms with E-state index in [1.807, 2.05) is 12.3 Å². The van der Waals surface area contributed by atoms with Gasteiger partial charge in [0.2, 0.25) is 0 Å². The summed E-state index contributed by atoms with van der Waals surface area (Å²) in [6.45, 7) is 0. The fourth-order valence-corrected chi connectivity index (χ4v) is 6.92. The number of para-hydroxylation sites is 1. The van der Waals surface area contributed by atoms with Crippen LogP contribution in [0.25, 0.3) is 88.7 Å². The summed E-state index contributed by atoms with van der Waals surface area (Å²) < 4.78 is 0. The van der Waals surface area contributed by atoms with Crippen LogP contribution in [0.1, 0.15) is 0 Å². The van der Waals surface area contributed by atoms with Crippen LogP contribution in [0, 0.1) is 0 Å². The van der Waals surface area contributed by atoms with Crippen molar-refractivity contribution < 1.29 is 0 Å². The van der Waals surface area contributed by atoms with Crippen LogP contribution in [0.4, 0.5) is 0 Å². The maximum absolute atomic E-state index is 5.21. The Hall–Kier alpha value is -6.64. The van der Waals surface area contributed by atoms with Crippen molar-refractivity contribution >= 4 is 21.8 Å². The Morgan fingerprint density at radius 2 is 0.760 bits per heavy atom. The molecule has 0 atom stereocenters. The lowest BCUT2D eigenvalue weighted by Crippen LogP contribution is -1.92. The van der Waals surface area contributed by atoms with Crippen molar-refractivity contribution in [3.63, 3.8) is 0 Å². The maximum atomic E-state index is 5.21. The molecule has 7 aromatic carbocycles. The molecule has 0 amide bonds. The molecule has 2 aromatic heterocycles. The van der Waals surface area contributed by atoms with Gasteiger partial charge in [-0.3, -0.25) is 4.98 Å². The van der Waals surface area contributed by atoms with E-state index >= 15 is 0 Å². The number of pyridine rings is 2. The van der Waals surface area contributed by atoms with Crippen molar-refractivity contribution in [1.29, 1.82) is 0 Å². The fourth-order valence-electron chi connectivity index (χ4n) is 6.92. The van der Waals surface area contributed by atoms with Gasteiger partial charge in [-0.2, -0.15) is 0 Å². The Balaban J connectivity index is 1.15. The van der Waals surface area contributed by atoms with E-state index in [1.165, 1.54) is 44.5 Å². The second-order valence-electron chi connectivity index (χ2n) is 12.6. The summed E-state index contributed by atoms with van der Waals surface area (Å²) in [5.74, 6) is 0. The standard InChI is InChI=1S/C48H32N2/c1-3-9-33(10-4-1)35-15-17-37(18-16-35)41-27-28-47-45(31-41)44(32-48(50-47)40-25-19-36(20-26-40)34-11-5-2-6-12-34)39-23-21-38(22-24-39)42-29-30-49-46-14-8-7-13-43(42)46/h1-32H. The number of rotatable bonds is 6. The van der Waals surface area contributed by atoms with E-state index in [2.05, 4.69) is 187 Å². The molecule has 0 unspecified atom stereocenters. The minimum absolute atomic E-state index is 0.955. The number of fused-ring (bicyclic) bond motifs is 2. The number of aromatic nitrogens is 2. The second-order valence-corrected chi connectivity index (χ2v) is 12.6. The molecule has 0 radical (unpaired) electrons. The van der Waals surface area contributed by atoms with Crippen LogP contribution in [0.3, 0.4) is 0 Å². The summed E-state index contributed by atoms with van der Waals surface area (Å²) in [5, 5.41) is 2.28. The molecule has 9 aromatic rings. The van der Waals surface area contributed by atoms with Gasteiger partial charge >= 0.3 is 0 Å². The Morgan fingerprint density at radius 3 is 1.40 bits per heavy atom. The highest BCUT2D eigenvalue weighted by atomic mass is 14.7. The van der Waals surface area contributed by atoms with Crippen molar-refractivity contribution in [2.24, 2.45) is 0 Å². The molecule has 0 aliphatic heterocycles. The molecule has 0 saturated heterocycles. The molecule has 0 aliphatic rings. The Labute approximate surface area is 292 Å². The van der Waals surface area contributed by atoms with Crippen LogP contribution < -0.4 is 0 Å². The monoisotopic (exact) mass is 636 g/mol. The molecular formula is C48H32N2. The Morgan fingerprint density at radius 1 is 0.280 bits per heavy atom. The fraction of sp³-hybridized carbons (Fsp3) is 0. The van der Waals surface area contributed by atoms with Gasteiger partial charge in [-0.25, -0.2) is 4.98 Å². The molecule has 50 heavy (non-hydrogen) atoms. The van der Waals surface area contributed by atoms with Crippen LogP contribution >= 0.6 is 0 Å². The number of hydrogen-bond acceptors (Lipinski definition) is 2. The van der Waals surface area contributed by atoms with Gasteiger partial charge in [-0.05, 0) is 86.0 Å². The molecule has 0 fully saturated rings. The summed E-state index contributed by atoms with van der Waals surface area (Å²) >= 11 is 0. The average molecular weight is 637 g/mol. The number of benzene rings is 7. The quantitative estimate of drug-likeness (QED) is 0.181. The molecule has 0 N–H and O–H groups in total. The molecule has 0 spiro atoms. The van der Waals surface area contributed by atoms with Crippen molar-refractivity contribution in [2.75, 3.05) is 0 Å². The van der Waals surface area contributed by atoms with E-state index in [9.17, 15) is 0 Å². The van der Waals surface area contributed by atoms with E-state index in [4.69, 9.17) is 4.98 Å². The summed E-state index contributed by atoms with van der Waals surface area (Å²) in [6, 6.07) is 66.9. The first-order valence-electron chi connectivity index (χ1n) is 17.0. The van der Waals surface area contributed by atoms with Crippen LogP contribution in [0.5, 0.6) is 0 Å². The first-order chi connectivity index (χ1) is 24.8. The van der Waals surface area contributed by atoms with Gasteiger partial charge in [0.25, 0.3) is 0 Å². The zero-order valence-electron chi connectivity index (χ0n) is 27.4.